The summed E-state index contributed by atoms with van der Waals surface area (Å²) >= 11 is 1.96. The van der Waals surface area contributed by atoms with Crippen LogP contribution in [0.25, 0.3) is 21.8 Å². The first-order valence-corrected chi connectivity index (χ1v) is 12.7. The van der Waals surface area contributed by atoms with Crippen LogP contribution in [0.2, 0.25) is 0 Å². The van der Waals surface area contributed by atoms with Crippen LogP contribution in [-0.2, 0) is 6.54 Å². The minimum Gasteiger partial charge on any atom is -0.497 e. The van der Waals surface area contributed by atoms with Gasteiger partial charge in [-0.1, -0.05) is 13.8 Å². The molecule has 0 bridgehead atoms. The highest BCUT2D eigenvalue weighted by Gasteiger charge is 2.21. The Hall–Kier alpha value is -2.58. The number of rotatable bonds is 8. The molecule has 0 saturated carbocycles. The lowest BCUT2D eigenvalue weighted by Gasteiger charge is -2.30. The molecular weight excluding hydrogens is 436 g/mol. The predicted octanol–water partition coefficient (Wildman–Crippen LogP) is 3.65. The molecule has 8 heteroatoms. The number of ether oxygens (including phenoxy) is 2. The second-order valence-corrected chi connectivity index (χ2v) is 9.48. The molecule has 1 aliphatic rings. The molecule has 0 unspecified atom stereocenters. The Balaban J connectivity index is 2.02. The molecule has 2 N–H and O–H groups in total. The summed E-state index contributed by atoms with van der Waals surface area (Å²) in [6, 6.07) is 7.67. The highest BCUT2D eigenvalue weighted by Crippen LogP contribution is 2.35. The van der Waals surface area contributed by atoms with Gasteiger partial charge in [0.1, 0.15) is 11.5 Å². The van der Waals surface area contributed by atoms with Gasteiger partial charge >= 0.3 is 0 Å². The van der Waals surface area contributed by atoms with Gasteiger partial charge in [0, 0.05) is 55.2 Å². The maximum atomic E-state index is 13.7. The molecule has 0 atom stereocenters. The van der Waals surface area contributed by atoms with E-state index in [0.717, 1.165) is 67.5 Å². The van der Waals surface area contributed by atoms with E-state index in [1.54, 1.807) is 20.3 Å². The van der Waals surface area contributed by atoms with Gasteiger partial charge in [0.25, 0.3) is 0 Å². The number of fused-ring (bicyclic) bond motifs is 2. The third-order valence-corrected chi connectivity index (χ3v) is 7.54. The van der Waals surface area contributed by atoms with E-state index in [1.165, 1.54) is 0 Å². The first-order valence-electron chi connectivity index (χ1n) is 11.6. The fourth-order valence-corrected chi connectivity index (χ4v) is 5.56. The van der Waals surface area contributed by atoms with Gasteiger partial charge in [-0.05, 0) is 25.2 Å². The summed E-state index contributed by atoms with van der Waals surface area (Å²) in [7, 11) is 3.22. The number of nitrogens with two attached hydrogens (primary N) is 1. The van der Waals surface area contributed by atoms with E-state index in [4.69, 9.17) is 15.2 Å². The number of hydrogen-bond acceptors (Lipinski definition) is 7. The molecule has 1 saturated heterocycles. The van der Waals surface area contributed by atoms with Gasteiger partial charge in [0.15, 0.2) is 0 Å². The molecule has 1 aliphatic heterocycles. The molecule has 4 rings (SSSR count). The molecule has 2 aromatic carbocycles. The third kappa shape index (κ3) is 4.46. The number of likely N-dealkylation sites (N-methyl/N-ethyl adjacent to an activating group) is 1. The minimum atomic E-state index is -0.0639. The molecule has 2 heterocycles. The van der Waals surface area contributed by atoms with Crippen LogP contribution in [0.5, 0.6) is 11.5 Å². The summed E-state index contributed by atoms with van der Waals surface area (Å²) in [5, 5.41) is 1.19. The van der Waals surface area contributed by atoms with Crippen molar-refractivity contribution in [1.82, 2.24) is 9.47 Å². The van der Waals surface area contributed by atoms with E-state index in [2.05, 4.69) is 34.3 Å². The number of benzene rings is 2. The summed E-state index contributed by atoms with van der Waals surface area (Å²) in [5.74, 6) is 3.35. The number of anilines is 2. The van der Waals surface area contributed by atoms with E-state index in [1.807, 2.05) is 23.9 Å². The second-order valence-electron chi connectivity index (χ2n) is 8.26. The third-order valence-electron chi connectivity index (χ3n) is 6.59. The van der Waals surface area contributed by atoms with E-state index < -0.39 is 0 Å². The van der Waals surface area contributed by atoms with Crippen LogP contribution in [-0.4, -0.2) is 67.9 Å². The molecule has 0 spiro atoms. The number of thioether (sulfide) groups is 1. The van der Waals surface area contributed by atoms with Crippen LogP contribution < -0.4 is 25.5 Å². The van der Waals surface area contributed by atoms with E-state index in [0.29, 0.717) is 28.0 Å². The molecule has 33 heavy (non-hydrogen) atoms. The Morgan fingerprint density at radius 2 is 1.76 bits per heavy atom. The van der Waals surface area contributed by atoms with Crippen molar-refractivity contribution in [1.29, 1.82) is 0 Å². The van der Waals surface area contributed by atoms with Crippen LogP contribution in [0.3, 0.4) is 0 Å². The van der Waals surface area contributed by atoms with E-state index in [9.17, 15) is 4.79 Å². The zero-order valence-electron chi connectivity index (χ0n) is 20.0. The van der Waals surface area contributed by atoms with Crippen molar-refractivity contribution < 1.29 is 9.47 Å². The number of nitrogen functional groups attached to an aromatic ring is 1. The van der Waals surface area contributed by atoms with Crippen molar-refractivity contribution in [2.24, 2.45) is 0 Å². The smallest absolute Gasteiger partial charge is 0.201 e. The van der Waals surface area contributed by atoms with Crippen molar-refractivity contribution in [3.05, 3.63) is 34.5 Å². The Morgan fingerprint density at radius 1 is 1.03 bits per heavy atom. The number of methoxy groups -OCH3 is 2. The molecule has 0 aliphatic carbocycles. The normalized spacial score (nSPS) is 14.4. The molecule has 0 radical (unpaired) electrons. The fraction of sp³-hybridized carbons (Fsp3) is 0.480. The maximum Gasteiger partial charge on any atom is 0.201 e. The fourth-order valence-electron chi connectivity index (χ4n) is 4.66. The number of pyridine rings is 1. The number of aromatic nitrogens is 1. The number of nitrogens with zero attached hydrogens (tertiary/aromatic N) is 3. The van der Waals surface area contributed by atoms with Gasteiger partial charge in [-0.15, -0.1) is 0 Å². The monoisotopic (exact) mass is 470 g/mol. The molecular formula is C25H34N4O3S. The standard InChI is InChI=1S/C25H34N4O3S/c1-5-27(6-2)7-8-29-20-16-21(28-9-11-33-12-10-28)19(26)15-18(20)25(30)24-22(29)13-17(31-3)14-23(24)32-4/h13-16H,5-12,26H2,1-4H3. The van der Waals surface area contributed by atoms with Gasteiger partial charge < -0.3 is 29.6 Å². The summed E-state index contributed by atoms with van der Waals surface area (Å²) in [6.45, 7) is 9.82. The quantitative estimate of drug-likeness (QED) is 0.398. The van der Waals surface area contributed by atoms with Crippen LogP contribution in [0.15, 0.2) is 29.1 Å². The molecule has 1 fully saturated rings. The second kappa shape index (κ2) is 10.1. The highest BCUT2D eigenvalue weighted by atomic mass is 32.2. The lowest BCUT2D eigenvalue weighted by atomic mass is 10.1. The number of hydrogen-bond donors (Lipinski definition) is 1. The van der Waals surface area contributed by atoms with Gasteiger partial charge in [0.05, 0.1) is 42.0 Å². The van der Waals surface area contributed by atoms with Crippen LogP contribution in [0.1, 0.15) is 13.8 Å². The van der Waals surface area contributed by atoms with Crippen molar-refractivity contribution in [3.63, 3.8) is 0 Å². The Labute approximate surface area is 199 Å². The lowest BCUT2D eigenvalue weighted by molar-refractivity contribution is 0.293. The van der Waals surface area contributed by atoms with E-state index >= 15 is 0 Å². The van der Waals surface area contributed by atoms with Crippen molar-refractivity contribution in [2.45, 2.75) is 20.4 Å². The van der Waals surface area contributed by atoms with Gasteiger partial charge in [-0.2, -0.15) is 11.8 Å². The minimum absolute atomic E-state index is 0.0639. The topological polar surface area (TPSA) is 73.0 Å². The van der Waals surface area contributed by atoms with Crippen LogP contribution in [0.4, 0.5) is 11.4 Å². The Morgan fingerprint density at radius 3 is 2.39 bits per heavy atom. The van der Waals surface area contributed by atoms with Gasteiger partial charge in [-0.25, -0.2) is 0 Å². The lowest BCUT2D eigenvalue weighted by Crippen LogP contribution is -2.33. The zero-order chi connectivity index (χ0) is 23.5. The van der Waals surface area contributed by atoms with Crippen molar-refractivity contribution in [2.75, 3.05) is 69.1 Å². The highest BCUT2D eigenvalue weighted by molar-refractivity contribution is 7.99. The first kappa shape index (κ1) is 23.6. The predicted molar refractivity (Wildman–Crippen MR) is 141 cm³/mol. The maximum absolute atomic E-state index is 13.7. The van der Waals surface area contributed by atoms with Crippen molar-refractivity contribution in [3.8, 4) is 11.5 Å². The summed E-state index contributed by atoms with van der Waals surface area (Å²) in [4.78, 5) is 18.4. The molecule has 178 valence electrons. The zero-order valence-corrected chi connectivity index (χ0v) is 20.8. The van der Waals surface area contributed by atoms with Gasteiger partial charge in [-0.3, -0.25) is 4.79 Å². The molecule has 3 aromatic rings. The van der Waals surface area contributed by atoms with Crippen molar-refractivity contribution >= 4 is 44.9 Å². The Kier molecular flexibility index (Phi) is 7.24. The van der Waals surface area contributed by atoms with Gasteiger partial charge in [0.2, 0.25) is 5.43 Å². The summed E-state index contributed by atoms with van der Waals surface area (Å²) in [6.07, 6.45) is 0. The van der Waals surface area contributed by atoms with E-state index in [-0.39, 0.29) is 5.43 Å². The SMILES string of the molecule is CCN(CC)CCn1c2cc(N3CCSCC3)c(N)cc2c(=O)c2c(OC)cc(OC)cc21. The molecule has 0 amide bonds. The average Bonchev–Trinajstić information content (AvgIpc) is 2.85. The Bertz CT molecular complexity index is 1200. The summed E-state index contributed by atoms with van der Waals surface area (Å²) < 4.78 is 13.4. The molecule has 7 nitrogen and oxygen atoms in total. The average molecular weight is 471 g/mol. The molecule has 1 aromatic heterocycles. The largest absolute Gasteiger partial charge is 0.497 e. The van der Waals surface area contributed by atoms with Crippen LogP contribution >= 0.6 is 11.8 Å². The van der Waals surface area contributed by atoms with Crippen LogP contribution in [0, 0.1) is 0 Å². The summed E-state index contributed by atoms with van der Waals surface area (Å²) in [5.41, 5.74) is 9.82. The first-order chi connectivity index (χ1) is 16.0.